The molecule has 17 heavy (non-hydrogen) atoms. The van der Waals surface area contributed by atoms with Crippen LogP contribution in [0.25, 0.3) is 0 Å². The Hall–Kier alpha value is -0.910. The molecule has 0 heterocycles. The number of benzene rings is 1. The van der Waals surface area contributed by atoms with Gasteiger partial charge >= 0.3 is 0 Å². The topological polar surface area (TPSA) is 63.6 Å². The van der Waals surface area contributed by atoms with Gasteiger partial charge in [0.1, 0.15) is 0 Å². The van der Waals surface area contributed by atoms with Crippen molar-refractivity contribution in [3.05, 3.63) is 29.3 Å². The van der Waals surface area contributed by atoms with Gasteiger partial charge in [-0.25, -0.2) is 0 Å². The molecule has 0 spiro atoms. The Morgan fingerprint density at radius 3 is 2.65 bits per heavy atom. The van der Waals surface area contributed by atoms with Crippen molar-refractivity contribution < 1.29 is 17.7 Å². The van der Waals surface area contributed by atoms with Crippen LogP contribution >= 0.6 is 0 Å². The van der Waals surface area contributed by atoms with Crippen molar-refractivity contribution in [3.63, 3.8) is 0 Å². The Balaban J connectivity index is 2.25. The van der Waals surface area contributed by atoms with Gasteiger partial charge in [0.05, 0.1) is 17.6 Å². The lowest BCUT2D eigenvalue weighted by atomic mass is 9.97. The van der Waals surface area contributed by atoms with Crippen molar-refractivity contribution in [2.24, 2.45) is 0 Å². The summed E-state index contributed by atoms with van der Waals surface area (Å²) in [5, 5.41) is 9.11. The molecule has 0 amide bonds. The van der Waals surface area contributed by atoms with E-state index in [1.807, 2.05) is 6.92 Å². The minimum atomic E-state index is -3.68. The van der Waals surface area contributed by atoms with E-state index in [-0.39, 0.29) is 17.6 Å². The van der Waals surface area contributed by atoms with Crippen molar-refractivity contribution in [2.45, 2.75) is 43.8 Å². The van der Waals surface area contributed by atoms with Gasteiger partial charge < -0.3 is 5.11 Å². The Morgan fingerprint density at radius 2 is 2.12 bits per heavy atom. The lowest BCUT2D eigenvalue weighted by Crippen LogP contribution is -2.25. The predicted molar refractivity (Wildman–Crippen MR) is 63.0 cm³/mol. The first-order valence-corrected chi connectivity index (χ1v) is 7.07. The standard InChI is InChI=1S/C12H16O4S/c1-9-5-6-12(7-10(9)8-13)17(14,15)16-11-3-2-4-11/h5-7,11,13H,2-4,8H2,1H3. The number of aliphatic hydroxyl groups is 1. The lowest BCUT2D eigenvalue weighted by Gasteiger charge is -2.24. The van der Waals surface area contributed by atoms with Gasteiger partial charge in [0.15, 0.2) is 0 Å². The molecule has 1 aromatic rings. The summed E-state index contributed by atoms with van der Waals surface area (Å²) in [5.41, 5.74) is 1.48. The second-order valence-electron chi connectivity index (χ2n) is 4.35. The average molecular weight is 256 g/mol. The molecule has 0 unspecified atom stereocenters. The summed E-state index contributed by atoms with van der Waals surface area (Å²) in [4.78, 5) is 0.124. The van der Waals surface area contributed by atoms with E-state index in [2.05, 4.69) is 0 Å². The molecule has 0 aromatic heterocycles. The fourth-order valence-corrected chi connectivity index (χ4v) is 2.86. The van der Waals surface area contributed by atoms with Crippen LogP contribution in [0.3, 0.4) is 0 Å². The molecule has 4 nitrogen and oxygen atoms in total. The highest BCUT2D eigenvalue weighted by Gasteiger charge is 2.26. The lowest BCUT2D eigenvalue weighted by molar-refractivity contribution is 0.127. The Bertz CT molecular complexity index is 503. The summed E-state index contributed by atoms with van der Waals surface area (Å²) < 4.78 is 28.9. The zero-order chi connectivity index (χ0) is 12.5. The monoisotopic (exact) mass is 256 g/mol. The third-order valence-corrected chi connectivity index (χ3v) is 4.45. The first-order valence-electron chi connectivity index (χ1n) is 5.66. The molecular weight excluding hydrogens is 240 g/mol. The fourth-order valence-electron chi connectivity index (χ4n) is 1.68. The van der Waals surface area contributed by atoms with Gasteiger partial charge in [0.2, 0.25) is 0 Å². The second-order valence-corrected chi connectivity index (χ2v) is 5.92. The van der Waals surface area contributed by atoms with Gasteiger partial charge in [-0.05, 0) is 49.4 Å². The molecule has 1 saturated carbocycles. The van der Waals surface area contributed by atoms with Crippen molar-refractivity contribution in [1.82, 2.24) is 0 Å². The van der Waals surface area contributed by atoms with Crippen LogP contribution in [0.2, 0.25) is 0 Å². The van der Waals surface area contributed by atoms with Crippen molar-refractivity contribution >= 4 is 10.1 Å². The largest absolute Gasteiger partial charge is 0.392 e. The summed E-state index contributed by atoms with van der Waals surface area (Å²) in [6.07, 6.45) is 2.46. The van der Waals surface area contributed by atoms with Crippen molar-refractivity contribution in [3.8, 4) is 0 Å². The number of aryl methyl sites for hydroxylation is 1. The van der Waals surface area contributed by atoms with E-state index in [1.54, 1.807) is 6.07 Å². The molecule has 94 valence electrons. The molecule has 0 aliphatic heterocycles. The quantitative estimate of drug-likeness (QED) is 0.833. The van der Waals surface area contributed by atoms with Crippen LogP contribution < -0.4 is 0 Å². The van der Waals surface area contributed by atoms with Crippen LogP contribution in [-0.4, -0.2) is 19.6 Å². The molecule has 0 saturated heterocycles. The summed E-state index contributed by atoms with van der Waals surface area (Å²) in [6, 6.07) is 4.67. The molecule has 1 aromatic carbocycles. The van der Waals surface area contributed by atoms with Gasteiger partial charge in [-0.15, -0.1) is 0 Å². The number of rotatable bonds is 4. The van der Waals surface area contributed by atoms with E-state index in [1.165, 1.54) is 12.1 Å². The molecule has 0 radical (unpaired) electrons. The summed E-state index contributed by atoms with van der Waals surface area (Å²) >= 11 is 0. The van der Waals surface area contributed by atoms with Crippen LogP contribution in [-0.2, 0) is 20.9 Å². The third kappa shape index (κ3) is 2.68. The number of hydrogen-bond acceptors (Lipinski definition) is 4. The minimum absolute atomic E-state index is 0.124. The molecule has 0 bridgehead atoms. The SMILES string of the molecule is Cc1ccc(S(=O)(=O)OC2CCC2)cc1CO. The molecule has 1 aliphatic carbocycles. The van der Waals surface area contributed by atoms with Gasteiger partial charge in [-0.1, -0.05) is 6.07 Å². The van der Waals surface area contributed by atoms with Gasteiger partial charge in [-0.2, -0.15) is 8.42 Å². The highest BCUT2D eigenvalue weighted by Crippen LogP contribution is 2.27. The van der Waals surface area contributed by atoms with Gasteiger partial charge in [0.25, 0.3) is 10.1 Å². The highest BCUT2D eigenvalue weighted by atomic mass is 32.2. The maximum Gasteiger partial charge on any atom is 0.297 e. The molecular formula is C12H16O4S. The predicted octanol–water partition coefficient (Wildman–Crippen LogP) is 1.75. The second kappa shape index (κ2) is 4.76. The van der Waals surface area contributed by atoms with Crippen LogP contribution in [0.15, 0.2) is 23.1 Å². The first kappa shape index (κ1) is 12.5. The fraction of sp³-hybridized carbons (Fsp3) is 0.500. The average Bonchev–Trinajstić information content (AvgIpc) is 2.24. The summed E-state index contributed by atoms with van der Waals surface area (Å²) in [6.45, 7) is 1.66. The first-order chi connectivity index (χ1) is 8.03. The summed E-state index contributed by atoms with van der Waals surface area (Å²) in [5.74, 6) is 0. The van der Waals surface area contributed by atoms with Crippen molar-refractivity contribution in [1.29, 1.82) is 0 Å². The van der Waals surface area contributed by atoms with E-state index >= 15 is 0 Å². The van der Waals surface area contributed by atoms with E-state index in [4.69, 9.17) is 9.29 Å². The van der Waals surface area contributed by atoms with Gasteiger partial charge in [0, 0.05) is 0 Å². The molecule has 0 atom stereocenters. The van der Waals surface area contributed by atoms with Crippen LogP contribution in [0.5, 0.6) is 0 Å². The third-order valence-electron chi connectivity index (χ3n) is 3.09. The Labute approximate surface area is 101 Å². The van der Waals surface area contributed by atoms with E-state index in [0.717, 1.165) is 24.8 Å². The maximum atomic E-state index is 11.9. The molecule has 2 rings (SSSR count). The molecule has 1 aliphatic rings. The van der Waals surface area contributed by atoms with Gasteiger partial charge in [-0.3, -0.25) is 4.18 Å². The Morgan fingerprint density at radius 1 is 1.41 bits per heavy atom. The smallest absolute Gasteiger partial charge is 0.297 e. The molecule has 1 N–H and O–H groups in total. The minimum Gasteiger partial charge on any atom is -0.392 e. The summed E-state index contributed by atoms with van der Waals surface area (Å²) in [7, 11) is -3.68. The normalized spacial score (nSPS) is 16.8. The molecule has 1 fully saturated rings. The highest BCUT2D eigenvalue weighted by molar-refractivity contribution is 7.86. The maximum absolute atomic E-state index is 11.9. The van der Waals surface area contributed by atoms with Crippen LogP contribution in [0.1, 0.15) is 30.4 Å². The van der Waals surface area contributed by atoms with Crippen molar-refractivity contribution in [2.75, 3.05) is 0 Å². The number of hydrogen-bond donors (Lipinski definition) is 1. The van der Waals surface area contributed by atoms with E-state index < -0.39 is 10.1 Å². The van der Waals surface area contributed by atoms with Crippen LogP contribution in [0.4, 0.5) is 0 Å². The van der Waals surface area contributed by atoms with E-state index in [9.17, 15) is 8.42 Å². The van der Waals surface area contributed by atoms with Crippen LogP contribution in [0, 0.1) is 6.92 Å². The number of aliphatic hydroxyl groups excluding tert-OH is 1. The zero-order valence-corrected chi connectivity index (χ0v) is 10.5. The molecule has 5 heteroatoms. The van der Waals surface area contributed by atoms with E-state index in [0.29, 0.717) is 5.56 Å². The Kier molecular flexibility index (Phi) is 3.51. The zero-order valence-electron chi connectivity index (χ0n) is 9.72.